The highest BCUT2D eigenvalue weighted by Gasteiger charge is 2.40. The van der Waals surface area contributed by atoms with Crippen LogP contribution in [-0.4, -0.2) is 35.9 Å². The smallest absolute Gasteiger partial charge is 0.261 e. The van der Waals surface area contributed by atoms with Crippen LogP contribution >= 0.6 is 0 Å². The highest BCUT2D eigenvalue weighted by molar-refractivity contribution is 7.91. The van der Waals surface area contributed by atoms with Crippen LogP contribution in [-0.2, 0) is 28.4 Å². The summed E-state index contributed by atoms with van der Waals surface area (Å²) in [7, 11) is -3.21. The number of carbonyl (C=O) groups excluding carboxylic acids is 2. The van der Waals surface area contributed by atoms with Crippen LogP contribution in [0.15, 0.2) is 42.5 Å². The Morgan fingerprint density at radius 3 is 1.97 bits per heavy atom. The Labute approximate surface area is 197 Å². The predicted octanol–water partition coefficient (Wildman–Crippen LogP) is 5.11. The largest absolute Gasteiger partial charge is 0.271 e. The molecule has 0 radical (unpaired) electrons. The van der Waals surface area contributed by atoms with Crippen LogP contribution in [0.5, 0.6) is 0 Å². The molecule has 33 heavy (non-hydrogen) atoms. The lowest BCUT2D eigenvalue weighted by Gasteiger charge is -2.29. The molecule has 0 atom stereocenters. The van der Waals surface area contributed by atoms with Crippen LogP contribution in [0, 0.1) is 0 Å². The maximum absolute atomic E-state index is 13.0. The van der Waals surface area contributed by atoms with Crippen molar-refractivity contribution in [3.05, 3.63) is 70.3 Å². The third-order valence-electron chi connectivity index (χ3n) is 6.94. The molecule has 2 amide bonds. The zero-order valence-corrected chi connectivity index (χ0v) is 20.6. The summed E-state index contributed by atoms with van der Waals surface area (Å²) in [5.74, 6) is -0.252. The predicted molar refractivity (Wildman–Crippen MR) is 130 cm³/mol. The Morgan fingerprint density at radius 1 is 0.788 bits per heavy atom. The van der Waals surface area contributed by atoms with Crippen LogP contribution in [0.4, 0.5) is 0 Å². The minimum absolute atomic E-state index is 0.0369. The SMILES string of the molecule is CC(C)(C)S(=O)(=O)Cc1ccc(CCc2ccc3c(c2)C(=O)N(C2CCCCC2)C3=O)cc1. The number of amides is 2. The van der Waals surface area contributed by atoms with E-state index in [4.69, 9.17) is 0 Å². The van der Waals surface area contributed by atoms with E-state index in [1.165, 1.54) is 11.3 Å². The highest BCUT2D eigenvalue weighted by atomic mass is 32.2. The first-order chi connectivity index (χ1) is 15.6. The summed E-state index contributed by atoms with van der Waals surface area (Å²) in [6, 6.07) is 13.4. The molecule has 1 saturated carbocycles. The average molecular weight is 468 g/mol. The molecule has 4 rings (SSSR count). The molecule has 1 aliphatic carbocycles. The lowest BCUT2D eigenvalue weighted by molar-refractivity contribution is 0.0549. The minimum atomic E-state index is -3.21. The first-order valence-corrected chi connectivity index (χ1v) is 13.5. The van der Waals surface area contributed by atoms with E-state index in [1.54, 1.807) is 26.8 Å². The van der Waals surface area contributed by atoms with E-state index in [0.29, 0.717) is 11.1 Å². The second kappa shape index (κ2) is 9.05. The average Bonchev–Trinajstić information content (AvgIpc) is 3.02. The van der Waals surface area contributed by atoms with Crippen LogP contribution in [0.3, 0.4) is 0 Å². The Bertz CT molecular complexity index is 1150. The molecule has 0 bridgehead atoms. The summed E-state index contributed by atoms with van der Waals surface area (Å²) in [5, 5.41) is 0. The molecule has 0 spiro atoms. The van der Waals surface area contributed by atoms with Gasteiger partial charge in [-0.3, -0.25) is 14.5 Å². The molecule has 1 fully saturated rings. The number of fused-ring (bicyclic) bond motifs is 1. The van der Waals surface area contributed by atoms with E-state index >= 15 is 0 Å². The summed E-state index contributed by atoms with van der Waals surface area (Å²) in [6.07, 6.45) is 6.67. The lowest BCUT2D eigenvalue weighted by atomic mass is 9.94. The van der Waals surface area contributed by atoms with Gasteiger partial charge in [0.15, 0.2) is 9.84 Å². The summed E-state index contributed by atoms with van der Waals surface area (Å²) < 4.78 is 24.1. The normalized spacial score (nSPS) is 17.5. The van der Waals surface area contributed by atoms with E-state index in [2.05, 4.69) is 0 Å². The Hall–Kier alpha value is -2.47. The van der Waals surface area contributed by atoms with Gasteiger partial charge in [-0.25, -0.2) is 8.42 Å². The number of carbonyl (C=O) groups is 2. The van der Waals surface area contributed by atoms with Gasteiger partial charge < -0.3 is 0 Å². The number of nitrogens with zero attached hydrogens (tertiary/aromatic N) is 1. The third-order valence-corrected chi connectivity index (χ3v) is 9.52. The van der Waals surface area contributed by atoms with Crippen molar-refractivity contribution in [1.29, 1.82) is 0 Å². The molecule has 0 N–H and O–H groups in total. The van der Waals surface area contributed by atoms with Gasteiger partial charge in [-0.05, 0) is 75.3 Å². The maximum Gasteiger partial charge on any atom is 0.261 e. The topological polar surface area (TPSA) is 71.5 Å². The fourth-order valence-corrected chi connectivity index (χ4v) is 5.72. The zero-order valence-electron chi connectivity index (χ0n) is 19.8. The zero-order chi connectivity index (χ0) is 23.8. The Kier molecular flexibility index (Phi) is 6.50. The molecule has 1 aliphatic heterocycles. The van der Waals surface area contributed by atoms with E-state index < -0.39 is 14.6 Å². The van der Waals surface area contributed by atoms with Crippen molar-refractivity contribution in [3.8, 4) is 0 Å². The van der Waals surface area contributed by atoms with Gasteiger partial charge in [-0.15, -0.1) is 0 Å². The lowest BCUT2D eigenvalue weighted by Crippen LogP contribution is -2.40. The van der Waals surface area contributed by atoms with Crippen molar-refractivity contribution in [1.82, 2.24) is 4.90 Å². The monoisotopic (exact) mass is 467 g/mol. The molecule has 5 nitrogen and oxygen atoms in total. The summed E-state index contributed by atoms with van der Waals surface area (Å²) in [4.78, 5) is 27.4. The summed E-state index contributed by atoms with van der Waals surface area (Å²) >= 11 is 0. The second-order valence-electron chi connectivity index (χ2n) is 10.3. The van der Waals surface area contributed by atoms with Crippen molar-refractivity contribution in [2.75, 3.05) is 0 Å². The van der Waals surface area contributed by atoms with E-state index in [1.807, 2.05) is 36.4 Å². The Balaban J connectivity index is 1.41. The first-order valence-electron chi connectivity index (χ1n) is 11.9. The standard InChI is InChI=1S/C27H33NO4S/c1-27(2,3)33(31,32)18-21-13-10-19(11-14-21)9-12-20-15-16-23-24(17-20)26(30)28(25(23)29)22-7-5-4-6-8-22/h10-11,13-17,22H,4-9,12,18H2,1-3H3. The molecule has 176 valence electrons. The number of imide groups is 1. The molecule has 6 heteroatoms. The van der Waals surface area contributed by atoms with E-state index in [0.717, 1.165) is 55.2 Å². The second-order valence-corrected chi connectivity index (χ2v) is 13.1. The van der Waals surface area contributed by atoms with Crippen molar-refractivity contribution >= 4 is 21.7 Å². The molecule has 2 aromatic rings. The fourth-order valence-electron chi connectivity index (χ4n) is 4.66. The van der Waals surface area contributed by atoms with Gasteiger partial charge in [0.2, 0.25) is 0 Å². The van der Waals surface area contributed by atoms with Crippen LogP contribution < -0.4 is 0 Å². The van der Waals surface area contributed by atoms with Crippen LogP contribution in [0.25, 0.3) is 0 Å². The number of hydrogen-bond acceptors (Lipinski definition) is 4. The molecular formula is C27H33NO4S. The minimum Gasteiger partial charge on any atom is -0.271 e. The van der Waals surface area contributed by atoms with Gasteiger partial charge >= 0.3 is 0 Å². The number of rotatable bonds is 6. The Morgan fingerprint density at radius 2 is 1.33 bits per heavy atom. The van der Waals surface area contributed by atoms with Crippen LogP contribution in [0.1, 0.15) is 90.3 Å². The molecule has 2 aromatic carbocycles. The van der Waals surface area contributed by atoms with Gasteiger partial charge in [0, 0.05) is 6.04 Å². The summed E-state index contributed by atoms with van der Waals surface area (Å²) in [6.45, 7) is 5.17. The van der Waals surface area contributed by atoms with Gasteiger partial charge in [-0.1, -0.05) is 49.6 Å². The van der Waals surface area contributed by atoms with Gasteiger partial charge in [0.05, 0.1) is 21.6 Å². The molecule has 0 unspecified atom stereocenters. The van der Waals surface area contributed by atoms with E-state index in [9.17, 15) is 18.0 Å². The first kappa shape index (κ1) is 23.7. The molecule has 1 heterocycles. The number of aryl methyl sites for hydroxylation is 2. The molecule has 2 aliphatic rings. The van der Waals surface area contributed by atoms with Gasteiger partial charge in [0.25, 0.3) is 11.8 Å². The van der Waals surface area contributed by atoms with Gasteiger partial charge in [0.1, 0.15) is 0 Å². The maximum atomic E-state index is 13.0. The molecule has 0 saturated heterocycles. The number of sulfone groups is 1. The third kappa shape index (κ3) is 4.91. The summed E-state index contributed by atoms with van der Waals surface area (Å²) in [5.41, 5.74) is 3.99. The van der Waals surface area contributed by atoms with Crippen molar-refractivity contribution in [2.45, 2.75) is 82.3 Å². The van der Waals surface area contributed by atoms with Crippen molar-refractivity contribution < 1.29 is 18.0 Å². The number of benzene rings is 2. The fraction of sp³-hybridized carbons (Fsp3) is 0.481. The number of hydrogen-bond donors (Lipinski definition) is 0. The van der Waals surface area contributed by atoms with Crippen LogP contribution in [0.2, 0.25) is 0 Å². The van der Waals surface area contributed by atoms with Crippen molar-refractivity contribution in [2.24, 2.45) is 0 Å². The quantitative estimate of drug-likeness (QED) is 0.553. The molecular weight excluding hydrogens is 434 g/mol. The van der Waals surface area contributed by atoms with Gasteiger partial charge in [-0.2, -0.15) is 0 Å². The van der Waals surface area contributed by atoms with Crippen molar-refractivity contribution in [3.63, 3.8) is 0 Å². The van der Waals surface area contributed by atoms with E-state index in [-0.39, 0.29) is 23.6 Å². The molecule has 0 aromatic heterocycles. The highest BCUT2D eigenvalue weighted by Crippen LogP contribution is 2.31.